The minimum Gasteiger partial charge on any atom is -0.344 e. The minimum atomic E-state index is -0.591. The third-order valence-corrected chi connectivity index (χ3v) is 2.87. The summed E-state index contributed by atoms with van der Waals surface area (Å²) in [6.45, 7) is 1.58. The van der Waals surface area contributed by atoms with E-state index in [4.69, 9.17) is 0 Å². The molecular weight excluding hydrogens is 257 g/mol. The first-order valence-corrected chi connectivity index (χ1v) is 6.20. The molecule has 0 unspecified atom stereocenters. The van der Waals surface area contributed by atoms with Crippen molar-refractivity contribution in [3.8, 4) is 0 Å². The van der Waals surface area contributed by atoms with Crippen molar-refractivity contribution in [3.63, 3.8) is 0 Å². The van der Waals surface area contributed by atoms with Crippen molar-refractivity contribution in [1.29, 1.82) is 0 Å². The van der Waals surface area contributed by atoms with E-state index in [-0.39, 0.29) is 17.9 Å². The summed E-state index contributed by atoms with van der Waals surface area (Å²) in [5.74, 6) is -1.40. The van der Waals surface area contributed by atoms with Gasteiger partial charge in [-0.3, -0.25) is 9.59 Å². The fourth-order valence-corrected chi connectivity index (χ4v) is 1.79. The second-order valence-electron chi connectivity index (χ2n) is 4.46. The van der Waals surface area contributed by atoms with Gasteiger partial charge in [0, 0.05) is 5.56 Å². The molecule has 20 heavy (non-hydrogen) atoms. The van der Waals surface area contributed by atoms with E-state index >= 15 is 0 Å². The van der Waals surface area contributed by atoms with Gasteiger partial charge in [-0.05, 0) is 24.6 Å². The standard InChI is InChI=1S/C16H14FNO2/c1-11-7-8-13(14(17)9-11)16(20)18-10-15(19)12-5-3-2-4-6-12/h2-9H,10H2,1H3,(H,18,20). The molecule has 2 rings (SSSR count). The van der Waals surface area contributed by atoms with Crippen LogP contribution in [-0.4, -0.2) is 18.2 Å². The number of rotatable bonds is 4. The molecule has 0 aliphatic carbocycles. The van der Waals surface area contributed by atoms with Gasteiger partial charge in [0.2, 0.25) is 0 Å². The fourth-order valence-electron chi connectivity index (χ4n) is 1.79. The van der Waals surface area contributed by atoms with Crippen LogP contribution in [0.4, 0.5) is 4.39 Å². The first-order chi connectivity index (χ1) is 9.58. The molecule has 0 aliphatic rings. The maximum absolute atomic E-state index is 13.6. The quantitative estimate of drug-likeness (QED) is 0.869. The van der Waals surface area contributed by atoms with E-state index in [1.165, 1.54) is 12.1 Å². The summed E-state index contributed by atoms with van der Waals surface area (Å²) < 4.78 is 13.6. The van der Waals surface area contributed by atoms with Crippen LogP contribution < -0.4 is 5.32 Å². The molecule has 0 fully saturated rings. The molecule has 2 aromatic carbocycles. The number of aryl methyl sites for hydroxylation is 1. The highest BCUT2D eigenvalue weighted by molar-refractivity contribution is 6.02. The van der Waals surface area contributed by atoms with E-state index in [1.807, 2.05) is 0 Å². The Balaban J connectivity index is 2.00. The molecule has 0 saturated heterocycles. The summed E-state index contributed by atoms with van der Waals surface area (Å²) in [7, 11) is 0. The lowest BCUT2D eigenvalue weighted by atomic mass is 10.1. The Kier molecular flexibility index (Phi) is 4.25. The molecule has 0 spiro atoms. The van der Waals surface area contributed by atoms with E-state index in [2.05, 4.69) is 5.32 Å². The fraction of sp³-hybridized carbons (Fsp3) is 0.125. The largest absolute Gasteiger partial charge is 0.344 e. The zero-order valence-corrected chi connectivity index (χ0v) is 11.0. The number of Topliss-reactive ketones (excluding diaryl/α,β-unsaturated/α-hetero) is 1. The Labute approximate surface area is 116 Å². The number of carbonyl (C=O) groups is 2. The third kappa shape index (κ3) is 3.29. The molecule has 0 atom stereocenters. The van der Waals surface area contributed by atoms with E-state index < -0.39 is 11.7 Å². The van der Waals surface area contributed by atoms with Crippen LogP contribution in [0, 0.1) is 12.7 Å². The molecule has 102 valence electrons. The van der Waals surface area contributed by atoms with Crippen LogP contribution in [0.1, 0.15) is 26.3 Å². The summed E-state index contributed by atoms with van der Waals surface area (Å²) in [4.78, 5) is 23.6. The summed E-state index contributed by atoms with van der Waals surface area (Å²) in [6.07, 6.45) is 0. The lowest BCUT2D eigenvalue weighted by Crippen LogP contribution is -2.30. The maximum Gasteiger partial charge on any atom is 0.254 e. The van der Waals surface area contributed by atoms with Crippen molar-refractivity contribution in [1.82, 2.24) is 5.32 Å². The van der Waals surface area contributed by atoms with Gasteiger partial charge in [0.1, 0.15) is 5.82 Å². The Morgan fingerprint density at radius 1 is 1.10 bits per heavy atom. The number of nitrogens with one attached hydrogen (secondary N) is 1. The molecule has 0 aliphatic heterocycles. The monoisotopic (exact) mass is 271 g/mol. The molecule has 4 heteroatoms. The highest BCUT2D eigenvalue weighted by Crippen LogP contribution is 2.09. The van der Waals surface area contributed by atoms with E-state index in [0.717, 1.165) is 5.56 Å². The molecule has 0 aromatic heterocycles. The zero-order chi connectivity index (χ0) is 14.5. The van der Waals surface area contributed by atoms with Crippen molar-refractivity contribution in [2.45, 2.75) is 6.92 Å². The highest BCUT2D eigenvalue weighted by atomic mass is 19.1. The second-order valence-corrected chi connectivity index (χ2v) is 4.46. The first kappa shape index (κ1) is 13.9. The van der Waals surface area contributed by atoms with Crippen molar-refractivity contribution in [2.24, 2.45) is 0 Å². The number of halogens is 1. The smallest absolute Gasteiger partial charge is 0.254 e. The normalized spacial score (nSPS) is 10.1. The first-order valence-electron chi connectivity index (χ1n) is 6.20. The minimum absolute atomic E-state index is 0.0588. The zero-order valence-electron chi connectivity index (χ0n) is 11.0. The van der Waals surface area contributed by atoms with E-state index in [9.17, 15) is 14.0 Å². The topological polar surface area (TPSA) is 46.2 Å². The lowest BCUT2D eigenvalue weighted by molar-refractivity contribution is 0.0901. The molecule has 3 nitrogen and oxygen atoms in total. The molecule has 1 amide bonds. The third-order valence-electron chi connectivity index (χ3n) is 2.87. The summed E-state index contributed by atoms with van der Waals surface area (Å²) in [6, 6.07) is 13.0. The molecule has 0 radical (unpaired) electrons. The van der Waals surface area contributed by atoms with Crippen LogP contribution in [-0.2, 0) is 0 Å². The number of hydrogen-bond donors (Lipinski definition) is 1. The van der Waals surface area contributed by atoms with Gasteiger partial charge in [-0.2, -0.15) is 0 Å². The van der Waals surface area contributed by atoms with Crippen LogP contribution >= 0.6 is 0 Å². The summed E-state index contributed by atoms with van der Waals surface area (Å²) in [5.41, 5.74) is 1.19. The summed E-state index contributed by atoms with van der Waals surface area (Å²) >= 11 is 0. The number of carbonyl (C=O) groups excluding carboxylic acids is 2. The van der Waals surface area contributed by atoms with Crippen LogP contribution in [0.2, 0.25) is 0 Å². The number of amides is 1. The summed E-state index contributed by atoms with van der Waals surface area (Å²) in [5, 5.41) is 2.43. The van der Waals surface area contributed by atoms with Gasteiger partial charge < -0.3 is 5.32 Å². The van der Waals surface area contributed by atoms with E-state index in [0.29, 0.717) is 5.56 Å². The van der Waals surface area contributed by atoms with Crippen LogP contribution in [0.15, 0.2) is 48.5 Å². The molecule has 0 heterocycles. The van der Waals surface area contributed by atoms with Crippen molar-refractivity contribution >= 4 is 11.7 Å². The van der Waals surface area contributed by atoms with E-state index in [1.54, 1.807) is 43.3 Å². The van der Waals surface area contributed by atoms with Gasteiger partial charge in [0.25, 0.3) is 5.91 Å². The highest BCUT2D eigenvalue weighted by Gasteiger charge is 2.13. The van der Waals surface area contributed by atoms with Gasteiger partial charge >= 0.3 is 0 Å². The molecular formula is C16H14FNO2. The lowest BCUT2D eigenvalue weighted by Gasteiger charge is -2.06. The second kappa shape index (κ2) is 6.10. The predicted molar refractivity (Wildman–Crippen MR) is 74.2 cm³/mol. The number of benzene rings is 2. The van der Waals surface area contributed by atoms with Crippen molar-refractivity contribution < 1.29 is 14.0 Å². The molecule has 1 N–H and O–H groups in total. The van der Waals surface area contributed by atoms with Gasteiger partial charge in [-0.25, -0.2) is 4.39 Å². The Hall–Kier alpha value is -2.49. The average Bonchev–Trinajstić information content (AvgIpc) is 2.45. The van der Waals surface area contributed by atoms with Crippen LogP contribution in [0.5, 0.6) is 0 Å². The molecule has 2 aromatic rings. The Morgan fingerprint density at radius 2 is 1.80 bits per heavy atom. The van der Waals surface area contributed by atoms with Crippen molar-refractivity contribution in [2.75, 3.05) is 6.54 Å². The average molecular weight is 271 g/mol. The molecule has 0 bridgehead atoms. The Bertz CT molecular complexity index is 638. The number of ketones is 1. The number of hydrogen-bond acceptors (Lipinski definition) is 2. The molecule has 0 saturated carbocycles. The van der Waals surface area contributed by atoms with Gasteiger partial charge in [-0.1, -0.05) is 36.4 Å². The van der Waals surface area contributed by atoms with Crippen LogP contribution in [0.25, 0.3) is 0 Å². The van der Waals surface area contributed by atoms with Crippen molar-refractivity contribution in [3.05, 3.63) is 71.0 Å². The van der Waals surface area contributed by atoms with Gasteiger partial charge in [0.05, 0.1) is 12.1 Å². The van der Waals surface area contributed by atoms with Crippen LogP contribution in [0.3, 0.4) is 0 Å². The Morgan fingerprint density at radius 3 is 2.45 bits per heavy atom. The maximum atomic E-state index is 13.6. The SMILES string of the molecule is Cc1ccc(C(=O)NCC(=O)c2ccccc2)c(F)c1. The van der Waals surface area contributed by atoms with Gasteiger partial charge in [0.15, 0.2) is 5.78 Å². The van der Waals surface area contributed by atoms with Gasteiger partial charge in [-0.15, -0.1) is 0 Å². The predicted octanol–water partition coefficient (Wildman–Crippen LogP) is 2.75.